The summed E-state index contributed by atoms with van der Waals surface area (Å²) in [7, 11) is 1.70. The average Bonchev–Trinajstić information content (AvgIpc) is 2.38. The molecule has 0 aliphatic heterocycles. The smallest absolute Gasteiger partial charge is 0.253 e. The van der Waals surface area contributed by atoms with Crippen LogP contribution in [0.2, 0.25) is 0 Å². The number of aliphatic hydroxyl groups excluding tert-OH is 1. The van der Waals surface area contributed by atoms with Crippen molar-refractivity contribution in [3.8, 4) is 0 Å². The Morgan fingerprint density at radius 2 is 1.89 bits per heavy atom. The van der Waals surface area contributed by atoms with E-state index in [1.165, 1.54) is 24.3 Å². The third kappa shape index (κ3) is 2.70. The number of nitrogens with zero attached hydrogens (tertiary/aromatic N) is 1. The first-order valence-corrected chi connectivity index (χ1v) is 6.30. The topological polar surface area (TPSA) is 40.5 Å². The number of carbonyl (C=O) groups is 1. The van der Waals surface area contributed by atoms with Gasteiger partial charge < -0.3 is 10.0 Å². The van der Waals surface area contributed by atoms with Gasteiger partial charge in [0.1, 0.15) is 5.82 Å². The van der Waals surface area contributed by atoms with Gasteiger partial charge in [0.15, 0.2) is 0 Å². The van der Waals surface area contributed by atoms with Crippen LogP contribution in [0.3, 0.4) is 0 Å². The number of amides is 1. The molecule has 0 aromatic heterocycles. The molecule has 4 heteroatoms. The molecule has 0 spiro atoms. The maximum Gasteiger partial charge on any atom is 0.253 e. The van der Waals surface area contributed by atoms with Crippen LogP contribution >= 0.6 is 0 Å². The lowest BCUT2D eigenvalue weighted by Crippen LogP contribution is -2.46. The molecule has 1 fully saturated rings. The van der Waals surface area contributed by atoms with Crippen LogP contribution in [0.1, 0.15) is 36.0 Å². The monoisotopic (exact) mass is 251 g/mol. The Bertz CT molecular complexity index is 418. The standard InChI is InChI=1S/C14H18FNO2/c1-16(12-4-2-3-5-13(12)17)14(18)10-6-8-11(15)9-7-10/h6-9,12-13,17H,2-5H2,1H3. The van der Waals surface area contributed by atoms with Gasteiger partial charge in [-0.05, 0) is 37.1 Å². The molecule has 2 unspecified atom stereocenters. The molecule has 98 valence electrons. The summed E-state index contributed by atoms with van der Waals surface area (Å²) in [6, 6.07) is 5.38. The third-order valence-corrected chi connectivity index (χ3v) is 3.60. The first kappa shape index (κ1) is 13.0. The van der Waals surface area contributed by atoms with Crippen LogP contribution in [-0.2, 0) is 0 Å². The van der Waals surface area contributed by atoms with Crippen molar-refractivity contribution in [2.45, 2.75) is 37.8 Å². The molecule has 2 atom stereocenters. The molecule has 1 amide bonds. The van der Waals surface area contributed by atoms with Gasteiger partial charge in [-0.3, -0.25) is 4.79 Å². The van der Waals surface area contributed by atoms with Crippen molar-refractivity contribution in [1.82, 2.24) is 4.90 Å². The van der Waals surface area contributed by atoms with E-state index in [4.69, 9.17) is 0 Å². The Morgan fingerprint density at radius 3 is 2.50 bits per heavy atom. The molecule has 1 aliphatic carbocycles. The zero-order valence-electron chi connectivity index (χ0n) is 10.5. The molecule has 1 aliphatic rings. The van der Waals surface area contributed by atoms with Gasteiger partial charge in [0.05, 0.1) is 12.1 Å². The zero-order valence-corrected chi connectivity index (χ0v) is 10.5. The van der Waals surface area contributed by atoms with Crippen LogP contribution in [0, 0.1) is 5.82 Å². The lowest BCUT2D eigenvalue weighted by atomic mass is 9.91. The normalized spacial score (nSPS) is 23.7. The van der Waals surface area contributed by atoms with Gasteiger partial charge in [0.25, 0.3) is 5.91 Å². The van der Waals surface area contributed by atoms with E-state index < -0.39 is 6.10 Å². The number of rotatable bonds is 2. The van der Waals surface area contributed by atoms with Crippen LogP contribution < -0.4 is 0 Å². The molecule has 0 bridgehead atoms. The van der Waals surface area contributed by atoms with E-state index in [0.29, 0.717) is 5.56 Å². The lowest BCUT2D eigenvalue weighted by Gasteiger charge is -2.35. The Balaban J connectivity index is 2.10. The maximum atomic E-state index is 12.8. The summed E-state index contributed by atoms with van der Waals surface area (Å²) >= 11 is 0. The van der Waals surface area contributed by atoms with Crippen LogP contribution in [0.15, 0.2) is 24.3 Å². The summed E-state index contributed by atoms with van der Waals surface area (Å²) in [5.41, 5.74) is 0.455. The van der Waals surface area contributed by atoms with Crippen molar-refractivity contribution in [1.29, 1.82) is 0 Å². The van der Waals surface area contributed by atoms with Crippen molar-refractivity contribution in [3.05, 3.63) is 35.6 Å². The highest BCUT2D eigenvalue weighted by Gasteiger charge is 2.29. The van der Waals surface area contributed by atoms with E-state index >= 15 is 0 Å². The van der Waals surface area contributed by atoms with E-state index in [2.05, 4.69) is 0 Å². The second kappa shape index (κ2) is 5.48. The second-order valence-electron chi connectivity index (χ2n) is 4.84. The molecular weight excluding hydrogens is 233 g/mol. The Kier molecular flexibility index (Phi) is 3.97. The molecule has 0 heterocycles. The average molecular weight is 251 g/mol. The highest BCUT2D eigenvalue weighted by atomic mass is 19.1. The Morgan fingerprint density at radius 1 is 1.28 bits per heavy atom. The number of aliphatic hydroxyl groups is 1. The van der Waals surface area contributed by atoms with Crippen molar-refractivity contribution < 1.29 is 14.3 Å². The molecule has 2 rings (SSSR count). The van der Waals surface area contributed by atoms with E-state index in [1.54, 1.807) is 11.9 Å². The van der Waals surface area contributed by atoms with Gasteiger partial charge >= 0.3 is 0 Å². The minimum absolute atomic E-state index is 0.128. The maximum absolute atomic E-state index is 12.8. The minimum Gasteiger partial charge on any atom is -0.391 e. The predicted octanol–water partition coefficient (Wildman–Crippen LogP) is 2.20. The molecule has 18 heavy (non-hydrogen) atoms. The summed E-state index contributed by atoms with van der Waals surface area (Å²) in [5, 5.41) is 9.93. The van der Waals surface area contributed by atoms with Crippen LogP contribution in [0.4, 0.5) is 4.39 Å². The summed E-state index contributed by atoms with van der Waals surface area (Å²) in [6.45, 7) is 0. The fourth-order valence-electron chi connectivity index (χ4n) is 2.49. The first-order valence-electron chi connectivity index (χ1n) is 6.30. The summed E-state index contributed by atoms with van der Waals surface area (Å²) in [4.78, 5) is 13.8. The highest BCUT2D eigenvalue weighted by molar-refractivity contribution is 5.94. The number of benzene rings is 1. The zero-order chi connectivity index (χ0) is 13.1. The van der Waals surface area contributed by atoms with Gasteiger partial charge in [-0.2, -0.15) is 0 Å². The Hall–Kier alpha value is -1.42. The largest absolute Gasteiger partial charge is 0.391 e. The number of carbonyl (C=O) groups excluding carboxylic acids is 1. The number of hydrogen-bond acceptors (Lipinski definition) is 2. The highest BCUT2D eigenvalue weighted by Crippen LogP contribution is 2.23. The van der Waals surface area contributed by atoms with Gasteiger partial charge in [-0.25, -0.2) is 4.39 Å². The van der Waals surface area contributed by atoms with Crippen LogP contribution in [0.25, 0.3) is 0 Å². The third-order valence-electron chi connectivity index (χ3n) is 3.60. The van der Waals surface area contributed by atoms with Gasteiger partial charge in [-0.1, -0.05) is 12.8 Å². The summed E-state index contributed by atoms with van der Waals surface area (Å²) in [6.07, 6.45) is 3.16. The van der Waals surface area contributed by atoms with E-state index in [-0.39, 0.29) is 17.8 Å². The first-order chi connectivity index (χ1) is 8.59. The molecule has 1 aromatic rings. The van der Waals surface area contributed by atoms with Crippen molar-refractivity contribution >= 4 is 5.91 Å². The molecule has 1 N–H and O–H groups in total. The fourth-order valence-corrected chi connectivity index (χ4v) is 2.49. The van der Waals surface area contributed by atoms with Crippen molar-refractivity contribution in [3.63, 3.8) is 0 Å². The number of likely N-dealkylation sites (N-methyl/N-ethyl adjacent to an activating group) is 1. The van der Waals surface area contributed by atoms with E-state index in [1.807, 2.05) is 0 Å². The molecule has 1 saturated carbocycles. The SMILES string of the molecule is CN(C(=O)c1ccc(F)cc1)C1CCCCC1O. The Labute approximate surface area is 106 Å². The molecule has 3 nitrogen and oxygen atoms in total. The molecule has 0 radical (unpaired) electrons. The lowest BCUT2D eigenvalue weighted by molar-refractivity contribution is 0.0268. The van der Waals surface area contributed by atoms with Crippen LogP contribution in [0.5, 0.6) is 0 Å². The number of hydrogen-bond donors (Lipinski definition) is 1. The van der Waals surface area contributed by atoms with Crippen molar-refractivity contribution in [2.24, 2.45) is 0 Å². The number of halogens is 1. The van der Waals surface area contributed by atoms with E-state index in [0.717, 1.165) is 25.7 Å². The predicted molar refractivity (Wildman–Crippen MR) is 66.8 cm³/mol. The molecular formula is C14H18FNO2. The van der Waals surface area contributed by atoms with Crippen molar-refractivity contribution in [2.75, 3.05) is 7.05 Å². The van der Waals surface area contributed by atoms with E-state index in [9.17, 15) is 14.3 Å². The van der Waals surface area contributed by atoms with Gasteiger partial charge in [-0.15, -0.1) is 0 Å². The molecule has 1 aromatic carbocycles. The van der Waals surface area contributed by atoms with Gasteiger partial charge in [0, 0.05) is 12.6 Å². The van der Waals surface area contributed by atoms with Gasteiger partial charge in [0.2, 0.25) is 0 Å². The van der Waals surface area contributed by atoms with Crippen LogP contribution in [-0.4, -0.2) is 35.1 Å². The second-order valence-corrected chi connectivity index (χ2v) is 4.84. The molecule has 0 saturated heterocycles. The minimum atomic E-state index is -0.451. The quantitative estimate of drug-likeness (QED) is 0.875. The summed E-state index contributed by atoms with van der Waals surface area (Å²) < 4.78 is 12.8. The fraction of sp³-hybridized carbons (Fsp3) is 0.500. The summed E-state index contributed by atoms with van der Waals surface area (Å²) in [5.74, 6) is -0.521.